The lowest BCUT2D eigenvalue weighted by Crippen LogP contribution is -2.40. The Morgan fingerprint density at radius 2 is 1.92 bits per heavy atom. The van der Waals surface area contributed by atoms with Crippen LogP contribution in [0.2, 0.25) is 0 Å². The molecular weight excluding hydrogens is 398 g/mol. The summed E-state index contributed by atoms with van der Waals surface area (Å²) in [6, 6.07) is 14.2. The Kier molecular flexibility index (Phi) is 5.08. The molecule has 4 amide bonds. The number of halogens is 1. The molecule has 3 N–H and O–H groups in total. The van der Waals surface area contributed by atoms with Crippen molar-refractivity contribution in [3.63, 3.8) is 0 Å². The molecule has 1 saturated heterocycles. The molecule has 1 aliphatic heterocycles. The number of urea groups is 1. The summed E-state index contributed by atoms with van der Waals surface area (Å²) in [5.41, 5.74) is 1.10. The normalized spacial score (nSPS) is 19.0. The zero-order valence-corrected chi connectivity index (χ0v) is 15.7. The fourth-order valence-electron chi connectivity index (χ4n) is 2.83. The van der Waals surface area contributed by atoms with Crippen molar-refractivity contribution in [2.45, 2.75) is 25.3 Å². The first-order valence-corrected chi connectivity index (χ1v) is 8.95. The Bertz CT molecular complexity index is 884. The summed E-state index contributed by atoms with van der Waals surface area (Å²) >= 11 is 3.47. The molecule has 6 nitrogen and oxygen atoms in total. The van der Waals surface area contributed by atoms with Crippen molar-refractivity contribution in [3.05, 3.63) is 64.1 Å². The molecule has 2 aromatic carbocycles. The molecule has 0 aromatic heterocycles. The zero-order valence-electron chi connectivity index (χ0n) is 14.1. The van der Waals surface area contributed by atoms with Gasteiger partial charge in [-0.2, -0.15) is 0 Å². The Hall–Kier alpha value is -2.67. The Morgan fingerprint density at radius 1 is 1.15 bits per heavy atom. The molecule has 134 valence electrons. The van der Waals surface area contributed by atoms with E-state index in [2.05, 4.69) is 31.9 Å². The van der Waals surface area contributed by atoms with E-state index >= 15 is 0 Å². The van der Waals surface area contributed by atoms with Crippen LogP contribution in [0.5, 0.6) is 0 Å². The third-order valence-corrected chi connectivity index (χ3v) is 5.12. The van der Waals surface area contributed by atoms with Gasteiger partial charge in [0.25, 0.3) is 5.91 Å². The van der Waals surface area contributed by atoms with Crippen molar-refractivity contribution in [2.75, 3.05) is 5.32 Å². The quantitative estimate of drug-likeness (QED) is 0.655. The van der Waals surface area contributed by atoms with Gasteiger partial charge in [0.15, 0.2) is 0 Å². The molecular formula is C19H18BrN3O3. The van der Waals surface area contributed by atoms with Gasteiger partial charge in [0.1, 0.15) is 5.54 Å². The molecule has 0 bridgehead atoms. The van der Waals surface area contributed by atoms with E-state index in [0.717, 1.165) is 10.0 Å². The molecule has 3 rings (SSSR count). The highest BCUT2D eigenvalue weighted by Crippen LogP contribution is 2.26. The number of hydrogen-bond donors (Lipinski definition) is 3. The molecule has 7 heteroatoms. The number of aryl methyl sites for hydroxylation is 1. The molecule has 0 radical (unpaired) electrons. The van der Waals surface area contributed by atoms with Gasteiger partial charge in [0.2, 0.25) is 5.91 Å². The highest BCUT2D eigenvalue weighted by atomic mass is 79.9. The fraction of sp³-hybridized carbons (Fsp3) is 0.211. The van der Waals surface area contributed by atoms with Crippen molar-refractivity contribution in [2.24, 2.45) is 0 Å². The number of carbonyl (C=O) groups excluding carboxylic acids is 3. The molecule has 0 spiro atoms. The van der Waals surface area contributed by atoms with Crippen molar-refractivity contribution in [1.82, 2.24) is 10.6 Å². The number of rotatable bonds is 5. The highest BCUT2D eigenvalue weighted by Gasteiger charge is 2.43. The summed E-state index contributed by atoms with van der Waals surface area (Å²) in [7, 11) is 0. The maximum Gasteiger partial charge on any atom is 0.322 e. The minimum atomic E-state index is -1.15. The van der Waals surface area contributed by atoms with Crippen LogP contribution in [0.15, 0.2) is 53.0 Å². The summed E-state index contributed by atoms with van der Waals surface area (Å²) in [5.74, 6) is -0.539. The number of anilines is 1. The number of nitrogens with one attached hydrogen (secondary N) is 3. The standard InChI is InChI=1S/C19H18BrN3O3/c1-19(17(25)22-18(26)23-19)13-6-4-7-14(11-13)21-16(24)10-9-12-5-2-3-8-15(12)20/h2-8,11H,9-10H2,1H3,(H,21,24)(H2,22,23,25,26). The summed E-state index contributed by atoms with van der Waals surface area (Å²) in [4.78, 5) is 35.7. The van der Waals surface area contributed by atoms with E-state index in [9.17, 15) is 14.4 Å². The van der Waals surface area contributed by atoms with E-state index in [1.54, 1.807) is 31.2 Å². The van der Waals surface area contributed by atoms with E-state index < -0.39 is 17.5 Å². The van der Waals surface area contributed by atoms with Crippen LogP contribution >= 0.6 is 15.9 Å². The molecule has 1 aliphatic rings. The largest absolute Gasteiger partial charge is 0.326 e. The Labute approximate surface area is 159 Å². The minimum Gasteiger partial charge on any atom is -0.326 e. The molecule has 2 aromatic rings. The monoisotopic (exact) mass is 415 g/mol. The first kappa shape index (κ1) is 18.1. The number of carbonyl (C=O) groups is 3. The summed E-state index contributed by atoms with van der Waals surface area (Å²) in [6.45, 7) is 1.63. The van der Waals surface area contributed by atoms with Gasteiger partial charge >= 0.3 is 6.03 Å². The first-order valence-electron chi connectivity index (χ1n) is 8.16. The Morgan fingerprint density at radius 3 is 2.62 bits per heavy atom. The fourth-order valence-corrected chi connectivity index (χ4v) is 3.31. The second-order valence-electron chi connectivity index (χ2n) is 6.25. The predicted molar refractivity (Wildman–Crippen MR) is 102 cm³/mol. The van der Waals surface area contributed by atoms with Crippen LogP contribution in [-0.2, 0) is 21.5 Å². The topological polar surface area (TPSA) is 87.3 Å². The van der Waals surface area contributed by atoms with E-state index in [-0.39, 0.29) is 5.91 Å². The lowest BCUT2D eigenvalue weighted by molar-refractivity contribution is -0.123. The average Bonchev–Trinajstić information content (AvgIpc) is 2.87. The minimum absolute atomic E-state index is 0.122. The van der Waals surface area contributed by atoms with E-state index in [0.29, 0.717) is 24.1 Å². The van der Waals surface area contributed by atoms with Crippen LogP contribution in [0, 0.1) is 0 Å². The molecule has 1 atom stereocenters. The maximum absolute atomic E-state index is 12.3. The van der Waals surface area contributed by atoms with Crippen LogP contribution in [-0.4, -0.2) is 17.8 Å². The zero-order chi connectivity index (χ0) is 18.7. The number of hydrogen-bond acceptors (Lipinski definition) is 3. The molecule has 0 saturated carbocycles. The second-order valence-corrected chi connectivity index (χ2v) is 7.11. The predicted octanol–water partition coefficient (Wildman–Crippen LogP) is 3.08. The van der Waals surface area contributed by atoms with Gasteiger partial charge in [0.05, 0.1) is 0 Å². The van der Waals surface area contributed by atoms with E-state index in [1.807, 2.05) is 24.3 Å². The number of benzene rings is 2. The van der Waals surface area contributed by atoms with Gasteiger partial charge in [-0.1, -0.05) is 46.3 Å². The molecule has 1 heterocycles. The second kappa shape index (κ2) is 7.29. The van der Waals surface area contributed by atoms with Gasteiger partial charge in [-0.3, -0.25) is 14.9 Å². The van der Waals surface area contributed by atoms with Gasteiger partial charge in [-0.05, 0) is 42.7 Å². The van der Waals surface area contributed by atoms with Crippen molar-refractivity contribution in [3.8, 4) is 0 Å². The van der Waals surface area contributed by atoms with Crippen LogP contribution in [0.1, 0.15) is 24.5 Å². The van der Waals surface area contributed by atoms with Crippen LogP contribution in [0.25, 0.3) is 0 Å². The van der Waals surface area contributed by atoms with Crippen molar-refractivity contribution in [1.29, 1.82) is 0 Å². The van der Waals surface area contributed by atoms with Gasteiger partial charge in [-0.25, -0.2) is 4.79 Å². The smallest absolute Gasteiger partial charge is 0.322 e. The SMILES string of the molecule is CC1(c2cccc(NC(=O)CCc3ccccc3Br)c2)NC(=O)NC1=O. The molecule has 1 unspecified atom stereocenters. The maximum atomic E-state index is 12.3. The first-order chi connectivity index (χ1) is 12.4. The lowest BCUT2D eigenvalue weighted by atomic mass is 9.92. The molecule has 26 heavy (non-hydrogen) atoms. The lowest BCUT2D eigenvalue weighted by Gasteiger charge is -2.21. The summed E-state index contributed by atoms with van der Waals surface area (Å²) in [5, 5.41) is 7.68. The van der Waals surface area contributed by atoms with Crippen molar-refractivity contribution < 1.29 is 14.4 Å². The number of amides is 4. The summed E-state index contributed by atoms with van der Waals surface area (Å²) in [6.07, 6.45) is 0.949. The number of imide groups is 1. The third kappa shape index (κ3) is 3.77. The van der Waals surface area contributed by atoms with Gasteiger partial charge in [-0.15, -0.1) is 0 Å². The molecule has 1 fully saturated rings. The van der Waals surface area contributed by atoms with Gasteiger partial charge in [0, 0.05) is 16.6 Å². The third-order valence-electron chi connectivity index (χ3n) is 4.35. The Balaban J connectivity index is 1.67. The molecule has 0 aliphatic carbocycles. The van der Waals surface area contributed by atoms with Crippen molar-refractivity contribution >= 4 is 39.5 Å². The van der Waals surface area contributed by atoms with Crippen LogP contribution in [0.3, 0.4) is 0 Å². The van der Waals surface area contributed by atoms with Crippen LogP contribution < -0.4 is 16.0 Å². The average molecular weight is 416 g/mol. The van der Waals surface area contributed by atoms with Crippen LogP contribution in [0.4, 0.5) is 10.5 Å². The highest BCUT2D eigenvalue weighted by molar-refractivity contribution is 9.10. The van der Waals surface area contributed by atoms with E-state index in [1.165, 1.54) is 0 Å². The van der Waals surface area contributed by atoms with E-state index in [4.69, 9.17) is 0 Å². The van der Waals surface area contributed by atoms with Gasteiger partial charge < -0.3 is 10.6 Å². The summed E-state index contributed by atoms with van der Waals surface area (Å²) < 4.78 is 0.978.